The molecule has 0 spiro atoms. The molecule has 1 aromatic carbocycles. The summed E-state index contributed by atoms with van der Waals surface area (Å²) in [5, 5.41) is 25.8. The summed E-state index contributed by atoms with van der Waals surface area (Å²) in [7, 11) is 0. The molecule has 11 nitrogen and oxygen atoms in total. The van der Waals surface area contributed by atoms with Crippen LogP contribution < -0.4 is 5.32 Å². The number of carbonyl (C=O) groups is 3. The number of hydrogen-bond acceptors (Lipinski definition) is 7. The molecule has 1 saturated carbocycles. The maximum atomic E-state index is 14.0. The first-order valence-electron chi connectivity index (χ1n) is 13.9. The summed E-state index contributed by atoms with van der Waals surface area (Å²) in [6, 6.07) is 10.1. The van der Waals surface area contributed by atoms with Crippen LogP contribution in [0.2, 0.25) is 0 Å². The first kappa shape index (κ1) is 36.2. The summed E-state index contributed by atoms with van der Waals surface area (Å²) in [6.45, 7) is 8.52. The number of carboxylic acid groups (broad SMARTS) is 2. The van der Waals surface area contributed by atoms with Gasteiger partial charge in [-0.15, -0.1) is 10.2 Å². The zero-order valence-corrected chi connectivity index (χ0v) is 24.5. The van der Waals surface area contributed by atoms with E-state index in [1.807, 2.05) is 4.40 Å². The zero-order valence-electron chi connectivity index (χ0n) is 24.5. The highest BCUT2D eigenvalue weighted by Crippen LogP contribution is 2.33. The molecule has 1 aliphatic carbocycles. The van der Waals surface area contributed by atoms with Crippen LogP contribution in [0.5, 0.6) is 0 Å². The summed E-state index contributed by atoms with van der Waals surface area (Å²) < 4.78 is 79.4. The number of amides is 1. The van der Waals surface area contributed by atoms with E-state index in [1.165, 1.54) is 18.9 Å². The van der Waals surface area contributed by atoms with Gasteiger partial charge in [0, 0.05) is 38.4 Å². The first-order valence-corrected chi connectivity index (χ1v) is 13.9. The van der Waals surface area contributed by atoms with Gasteiger partial charge in [-0.25, -0.2) is 14.0 Å². The van der Waals surface area contributed by atoms with Crippen molar-refractivity contribution < 1.29 is 55.3 Å². The van der Waals surface area contributed by atoms with Crippen LogP contribution in [0.3, 0.4) is 0 Å². The van der Waals surface area contributed by atoms with Crippen molar-refractivity contribution in [2.24, 2.45) is 5.92 Å². The van der Waals surface area contributed by atoms with Gasteiger partial charge in [-0.1, -0.05) is 12.1 Å². The van der Waals surface area contributed by atoms with Crippen LogP contribution in [0, 0.1) is 11.7 Å². The number of alkyl halides is 6. The molecule has 3 aromatic rings. The third-order valence-corrected chi connectivity index (χ3v) is 6.98. The topological polar surface area (TPSA) is 140 Å². The summed E-state index contributed by atoms with van der Waals surface area (Å²) in [5.74, 6) is -4.66. The van der Waals surface area contributed by atoms with Gasteiger partial charge in [-0.3, -0.25) is 19.0 Å². The van der Waals surface area contributed by atoms with E-state index in [4.69, 9.17) is 19.8 Å². The summed E-state index contributed by atoms with van der Waals surface area (Å²) in [5.41, 5.74) is 1.30. The Kier molecular flexibility index (Phi) is 11.7. The molecular formula is C28H31F7N6O5. The maximum absolute atomic E-state index is 14.0. The fraction of sp³-hybridized carbons (Fsp3) is 0.464. The molecule has 1 unspecified atom stereocenters. The Morgan fingerprint density at radius 3 is 2.04 bits per heavy atom. The van der Waals surface area contributed by atoms with Crippen molar-refractivity contribution in [2.45, 2.75) is 51.1 Å². The lowest BCUT2D eigenvalue weighted by Gasteiger charge is -2.42. The van der Waals surface area contributed by atoms with Crippen LogP contribution in [-0.2, 0) is 9.59 Å². The first-order chi connectivity index (χ1) is 21.4. The fourth-order valence-electron chi connectivity index (χ4n) is 4.56. The maximum Gasteiger partial charge on any atom is 0.490 e. The van der Waals surface area contributed by atoms with Gasteiger partial charge in [0.15, 0.2) is 11.5 Å². The molecule has 2 aromatic heterocycles. The Morgan fingerprint density at radius 1 is 0.935 bits per heavy atom. The Labute approximate surface area is 257 Å². The van der Waals surface area contributed by atoms with Crippen molar-refractivity contribution in [1.82, 2.24) is 24.4 Å². The number of pyridine rings is 1. The predicted octanol–water partition coefficient (Wildman–Crippen LogP) is 4.86. The van der Waals surface area contributed by atoms with E-state index in [-0.39, 0.29) is 17.6 Å². The number of rotatable bonds is 6. The van der Waals surface area contributed by atoms with E-state index in [0.717, 1.165) is 37.9 Å². The van der Waals surface area contributed by atoms with Gasteiger partial charge in [-0.05, 0) is 56.9 Å². The van der Waals surface area contributed by atoms with Crippen molar-refractivity contribution in [3.8, 4) is 0 Å². The van der Waals surface area contributed by atoms with Gasteiger partial charge in [0.2, 0.25) is 0 Å². The number of para-hydroxylation sites is 1. The van der Waals surface area contributed by atoms with Gasteiger partial charge < -0.3 is 15.5 Å². The molecule has 0 radical (unpaired) electrons. The van der Waals surface area contributed by atoms with E-state index in [0.29, 0.717) is 17.3 Å². The molecule has 0 bridgehead atoms. The molecular weight excluding hydrogens is 633 g/mol. The number of carboxylic acids is 2. The number of anilines is 1. The van der Waals surface area contributed by atoms with Crippen molar-refractivity contribution in [3.05, 3.63) is 59.8 Å². The molecule has 3 heterocycles. The molecule has 2 fully saturated rings. The molecule has 2 aliphatic rings. The zero-order chi connectivity index (χ0) is 34.4. The Morgan fingerprint density at radius 2 is 1.52 bits per heavy atom. The minimum atomic E-state index is -5.08. The molecule has 1 atom stereocenters. The van der Waals surface area contributed by atoms with Crippen LogP contribution in [-0.4, -0.2) is 97.0 Å². The van der Waals surface area contributed by atoms with E-state index in [1.54, 1.807) is 36.5 Å². The molecule has 1 aliphatic heterocycles. The Bertz CT molecular complexity index is 1500. The highest BCUT2D eigenvalue weighted by molar-refractivity contribution is 6.04. The summed E-state index contributed by atoms with van der Waals surface area (Å²) >= 11 is 0. The lowest BCUT2D eigenvalue weighted by Crippen LogP contribution is -2.51. The van der Waals surface area contributed by atoms with Gasteiger partial charge in [-0.2, -0.15) is 26.3 Å². The molecule has 5 rings (SSSR count). The average molecular weight is 665 g/mol. The summed E-state index contributed by atoms with van der Waals surface area (Å²) in [6.07, 6.45) is -5.73. The number of aliphatic carboxylic acids is 2. The van der Waals surface area contributed by atoms with E-state index < -0.39 is 30.1 Å². The molecule has 1 amide bonds. The van der Waals surface area contributed by atoms with E-state index >= 15 is 0 Å². The van der Waals surface area contributed by atoms with Gasteiger partial charge in [0.1, 0.15) is 5.82 Å². The van der Waals surface area contributed by atoms with Crippen LogP contribution in [0.25, 0.3) is 5.65 Å². The number of benzene rings is 1. The van der Waals surface area contributed by atoms with Crippen molar-refractivity contribution in [2.75, 3.05) is 31.5 Å². The van der Waals surface area contributed by atoms with Crippen molar-refractivity contribution in [3.63, 3.8) is 0 Å². The number of hydrogen-bond donors (Lipinski definition) is 3. The van der Waals surface area contributed by atoms with E-state index in [2.05, 4.69) is 39.2 Å². The largest absolute Gasteiger partial charge is 0.490 e. The fourth-order valence-corrected chi connectivity index (χ4v) is 4.56. The quantitative estimate of drug-likeness (QED) is 0.315. The monoisotopic (exact) mass is 664 g/mol. The molecule has 46 heavy (non-hydrogen) atoms. The molecule has 3 N–H and O–H groups in total. The number of nitrogens with one attached hydrogen (secondary N) is 1. The predicted molar refractivity (Wildman–Crippen MR) is 148 cm³/mol. The number of nitrogens with zero attached hydrogens (tertiary/aromatic N) is 5. The second-order valence-electron chi connectivity index (χ2n) is 10.8. The Balaban J connectivity index is 0.000000345. The standard InChI is InChI=1S/C24H29FN6O.2C2HF3O2/c1-16(2)30-12-11-29(13-17-7-8-17)15-21(30)23-28-27-22-10-9-18(14-31(22)23)24(32)26-20-6-4-3-5-19(20)25;2*3-2(4,5)1(6)7/h3-6,9-10,14,16-17,21H,7-8,11-13,15H2,1-2H3,(H,26,32);2*(H,6,7). The van der Waals surface area contributed by atoms with E-state index in [9.17, 15) is 35.5 Å². The average Bonchev–Trinajstić information content (AvgIpc) is 3.68. The van der Waals surface area contributed by atoms with Crippen LogP contribution in [0.1, 0.15) is 48.9 Å². The van der Waals surface area contributed by atoms with Crippen molar-refractivity contribution in [1.29, 1.82) is 0 Å². The van der Waals surface area contributed by atoms with Crippen molar-refractivity contribution >= 4 is 29.2 Å². The highest BCUT2D eigenvalue weighted by Gasteiger charge is 2.39. The number of piperazine rings is 1. The van der Waals surface area contributed by atoms with Crippen LogP contribution >= 0.6 is 0 Å². The summed E-state index contributed by atoms with van der Waals surface area (Å²) in [4.78, 5) is 35.6. The normalized spacial score (nSPS) is 17.5. The minimum Gasteiger partial charge on any atom is -0.475 e. The Hall–Kier alpha value is -4.32. The molecule has 252 valence electrons. The SMILES string of the molecule is CC(C)N1CCN(CC2CC2)CC1c1nnc2ccc(C(=O)Nc3ccccc3F)cn12.O=C(O)C(F)(F)F.O=C(O)C(F)(F)F. The highest BCUT2D eigenvalue weighted by atomic mass is 19.4. The smallest absolute Gasteiger partial charge is 0.475 e. The molecule has 18 heteroatoms. The number of aromatic nitrogens is 3. The second kappa shape index (κ2) is 14.8. The third kappa shape index (κ3) is 10.1. The second-order valence-corrected chi connectivity index (χ2v) is 10.8. The lowest BCUT2D eigenvalue weighted by molar-refractivity contribution is -0.193. The van der Waals surface area contributed by atoms with Crippen LogP contribution in [0.15, 0.2) is 42.6 Å². The van der Waals surface area contributed by atoms with Gasteiger partial charge in [0.05, 0.1) is 17.3 Å². The van der Waals surface area contributed by atoms with Gasteiger partial charge in [0.25, 0.3) is 5.91 Å². The number of fused-ring (bicyclic) bond motifs is 1. The number of carbonyl (C=O) groups excluding carboxylic acids is 1. The molecule has 1 saturated heterocycles. The lowest BCUT2D eigenvalue weighted by atomic mass is 10.1. The third-order valence-electron chi connectivity index (χ3n) is 6.98. The number of halogens is 7. The van der Waals surface area contributed by atoms with Crippen LogP contribution in [0.4, 0.5) is 36.4 Å². The van der Waals surface area contributed by atoms with Gasteiger partial charge >= 0.3 is 24.3 Å². The minimum absolute atomic E-state index is 0.0994.